The van der Waals surface area contributed by atoms with Gasteiger partial charge in [-0.1, -0.05) is 0 Å². The molecule has 0 aliphatic rings. The number of rotatable bonds is 5. The second kappa shape index (κ2) is 6.78. The fraction of sp³-hybridized carbons (Fsp3) is 0.278. The predicted molar refractivity (Wildman–Crippen MR) is 90.7 cm³/mol. The smallest absolute Gasteiger partial charge is 0.183 e. The van der Waals surface area contributed by atoms with Gasteiger partial charge in [-0.25, -0.2) is 14.1 Å². The topological polar surface area (TPSA) is 52.8 Å². The Morgan fingerprint density at radius 1 is 1.17 bits per heavy atom. The van der Waals surface area contributed by atoms with Gasteiger partial charge in [-0.15, -0.1) is 0 Å². The molecule has 2 aromatic heterocycles. The fourth-order valence-electron chi connectivity index (χ4n) is 2.81. The SMILES string of the molecule is COc1c(C)cc(-c2nc(-c3cccnc3)nn2CCF)cc1C. The lowest BCUT2D eigenvalue weighted by molar-refractivity contribution is 0.408. The van der Waals surface area contributed by atoms with Gasteiger partial charge in [0.25, 0.3) is 0 Å². The number of hydrogen-bond donors (Lipinski definition) is 0. The van der Waals surface area contributed by atoms with Crippen LogP contribution in [0.3, 0.4) is 0 Å². The highest BCUT2D eigenvalue weighted by Gasteiger charge is 2.16. The van der Waals surface area contributed by atoms with Crippen molar-refractivity contribution in [2.24, 2.45) is 0 Å². The number of aromatic nitrogens is 4. The van der Waals surface area contributed by atoms with Crippen molar-refractivity contribution in [3.05, 3.63) is 47.8 Å². The van der Waals surface area contributed by atoms with Crippen LogP contribution in [0.1, 0.15) is 11.1 Å². The molecule has 5 nitrogen and oxygen atoms in total. The van der Waals surface area contributed by atoms with E-state index < -0.39 is 6.67 Å². The maximum atomic E-state index is 12.9. The summed E-state index contributed by atoms with van der Waals surface area (Å²) < 4.78 is 20.0. The van der Waals surface area contributed by atoms with Crippen LogP contribution in [-0.4, -0.2) is 33.5 Å². The van der Waals surface area contributed by atoms with Crippen molar-refractivity contribution in [3.63, 3.8) is 0 Å². The third-order valence-electron chi connectivity index (χ3n) is 3.81. The van der Waals surface area contributed by atoms with Gasteiger partial charge < -0.3 is 4.74 Å². The Morgan fingerprint density at radius 3 is 2.50 bits per heavy atom. The van der Waals surface area contributed by atoms with E-state index in [1.807, 2.05) is 38.1 Å². The number of hydrogen-bond acceptors (Lipinski definition) is 4. The van der Waals surface area contributed by atoms with Crippen molar-refractivity contribution in [3.8, 4) is 28.5 Å². The Labute approximate surface area is 140 Å². The number of halogens is 1. The highest BCUT2D eigenvalue weighted by molar-refractivity contribution is 5.64. The number of alkyl halides is 1. The molecular weight excluding hydrogens is 307 g/mol. The molecule has 0 N–H and O–H groups in total. The summed E-state index contributed by atoms with van der Waals surface area (Å²) in [6.45, 7) is 3.62. The molecule has 0 unspecified atom stereocenters. The molecule has 2 heterocycles. The van der Waals surface area contributed by atoms with Crippen LogP contribution in [0.25, 0.3) is 22.8 Å². The molecule has 0 atom stereocenters. The highest BCUT2D eigenvalue weighted by atomic mass is 19.1. The summed E-state index contributed by atoms with van der Waals surface area (Å²) in [6, 6.07) is 7.68. The van der Waals surface area contributed by atoms with Gasteiger partial charge in [-0.2, -0.15) is 5.10 Å². The highest BCUT2D eigenvalue weighted by Crippen LogP contribution is 2.30. The molecule has 6 heteroatoms. The minimum Gasteiger partial charge on any atom is -0.496 e. The molecule has 0 aliphatic heterocycles. The molecule has 124 valence electrons. The predicted octanol–water partition coefficient (Wildman–Crippen LogP) is 3.60. The van der Waals surface area contributed by atoms with Gasteiger partial charge in [0, 0.05) is 23.5 Å². The van der Waals surface area contributed by atoms with Gasteiger partial charge in [-0.05, 0) is 49.2 Å². The zero-order valence-electron chi connectivity index (χ0n) is 14.0. The molecule has 3 aromatic rings. The van der Waals surface area contributed by atoms with Crippen molar-refractivity contribution in [2.75, 3.05) is 13.8 Å². The van der Waals surface area contributed by atoms with E-state index in [0.717, 1.165) is 28.0 Å². The molecule has 0 aliphatic carbocycles. The third kappa shape index (κ3) is 2.99. The Balaban J connectivity index is 2.12. The Bertz CT molecular complexity index is 822. The molecular formula is C18H19FN4O. The average Bonchev–Trinajstić information content (AvgIpc) is 3.00. The van der Waals surface area contributed by atoms with Crippen molar-refractivity contribution in [1.82, 2.24) is 19.7 Å². The second-order valence-electron chi connectivity index (χ2n) is 5.56. The molecule has 0 saturated carbocycles. The van der Waals surface area contributed by atoms with Crippen LogP contribution in [0, 0.1) is 13.8 Å². The summed E-state index contributed by atoms with van der Waals surface area (Å²) in [7, 11) is 1.65. The largest absolute Gasteiger partial charge is 0.496 e. The van der Waals surface area contributed by atoms with Gasteiger partial charge in [0.15, 0.2) is 11.6 Å². The minimum atomic E-state index is -0.503. The number of aryl methyl sites for hydroxylation is 3. The van der Waals surface area contributed by atoms with Crippen molar-refractivity contribution in [1.29, 1.82) is 0 Å². The molecule has 0 spiro atoms. The zero-order valence-corrected chi connectivity index (χ0v) is 14.0. The Morgan fingerprint density at radius 2 is 1.92 bits per heavy atom. The number of pyridine rings is 1. The molecule has 0 amide bonds. The van der Waals surface area contributed by atoms with Gasteiger partial charge in [0.2, 0.25) is 0 Å². The van der Waals surface area contributed by atoms with E-state index in [1.165, 1.54) is 0 Å². The maximum absolute atomic E-state index is 12.9. The first-order valence-corrected chi connectivity index (χ1v) is 7.71. The summed E-state index contributed by atoms with van der Waals surface area (Å²) >= 11 is 0. The molecule has 1 aromatic carbocycles. The molecule has 0 radical (unpaired) electrons. The van der Waals surface area contributed by atoms with E-state index in [2.05, 4.69) is 15.1 Å². The molecule has 0 bridgehead atoms. The lowest BCUT2D eigenvalue weighted by Crippen LogP contribution is -2.05. The van der Waals surface area contributed by atoms with Gasteiger partial charge in [-0.3, -0.25) is 4.98 Å². The van der Waals surface area contributed by atoms with E-state index in [9.17, 15) is 4.39 Å². The standard InChI is InChI=1S/C18H19FN4O/c1-12-9-15(10-13(2)16(12)24-3)18-21-17(22-23(18)8-6-19)14-5-4-7-20-11-14/h4-5,7,9-11H,6,8H2,1-3H3. The monoisotopic (exact) mass is 326 g/mol. The van der Waals surface area contributed by atoms with E-state index in [0.29, 0.717) is 11.6 Å². The summed E-state index contributed by atoms with van der Waals surface area (Å²) in [5, 5.41) is 4.44. The number of ether oxygens (including phenoxy) is 1. The summed E-state index contributed by atoms with van der Waals surface area (Å²) in [6.07, 6.45) is 3.39. The Hall–Kier alpha value is -2.76. The minimum absolute atomic E-state index is 0.159. The number of methoxy groups -OCH3 is 1. The van der Waals surface area contributed by atoms with Crippen LogP contribution < -0.4 is 4.74 Å². The van der Waals surface area contributed by atoms with Gasteiger partial charge in [0.1, 0.15) is 12.4 Å². The average molecular weight is 326 g/mol. The molecule has 3 rings (SSSR count). The van der Waals surface area contributed by atoms with Gasteiger partial charge in [0.05, 0.1) is 13.7 Å². The van der Waals surface area contributed by atoms with Crippen LogP contribution in [0.4, 0.5) is 4.39 Å². The van der Waals surface area contributed by atoms with Crippen LogP contribution in [-0.2, 0) is 6.54 Å². The van der Waals surface area contributed by atoms with Gasteiger partial charge >= 0.3 is 0 Å². The van der Waals surface area contributed by atoms with Crippen LogP contribution >= 0.6 is 0 Å². The maximum Gasteiger partial charge on any atom is 0.183 e. The summed E-state index contributed by atoms with van der Waals surface area (Å²) in [4.78, 5) is 8.70. The molecule has 24 heavy (non-hydrogen) atoms. The number of nitrogens with zero attached hydrogens (tertiary/aromatic N) is 4. The lowest BCUT2D eigenvalue weighted by atomic mass is 10.1. The van der Waals surface area contributed by atoms with Crippen LogP contribution in [0.5, 0.6) is 5.75 Å². The van der Waals surface area contributed by atoms with E-state index in [4.69, 9.17) is 4.74 Å². The zero-order chi connectivity index (χ0) is 17.1. The normalized spacial score (nSPS) is 10.8. The summed E-state index contributed by atoms with van der Waals surface area (Å²) in [5.74, 6) is 2.03. The quantitative estimate of drug-likeness (QED) is 0.719. The first-order valence-electron chi connectivity index (χ1n) is 7.71. The van der Waals surface area contributed by atoms with E-state index in [1.54, 1.807) is 24.2 Å². The molecule has 0 saturated heterocycles. The van der Waals surface area contributed by atoms with Crippen LogP contribution in [0.15, 0.2) is 36.7 Å². The van der Waals surface area contributed by atoms with Crippen molar-refractivity contribution >= 4 is 0 Å². The summed E-state index contributed by atoms with van der Waals surface area (Å²) in [5.41, 5.74) is 3.70. The first kappa shape index (κ1) is 16.1. The van der Waals surface area contributed by atoms with Crippen molar-refractivity contribution < 1.29 is 9.13 Å². The third-order valence-corrected chi connectivity index (χ3v) is 3.81. The van der Waals surface area contributed by atoms with E-state index in [-0.39, 0.29) is 6.54 Å². The number of benzene rings is 1. The second-order valence-corrected chi connectivity index (χ2v) is 5.56. The Kier molecular flexibility index (Phi) is 4.55. The molecule has 0 fully saturated rings. The fourth-order valence-corrected chi connectivity index (χ4v) is 2.81. The van der Waals surface area contributed by atoms with Crippen molar-refractivity contribution in [2.45, 2.75) is 20.4 Å². The van der Waals surface area contributed by atoms with E-state index >= 15 is 0 Å². The van der Waals surface area contributed by atoms with Crippen LogP contribution in [0.2, 0.25) is 0 Å². The lowest BCUT2D eigenvalue weighted by Gasteiger charge is -2.11. The first-order chi connectivity index (χ1) is 11.6.